The molecule has 12 heteroatoms. The molecule has 2 aromatic rings. The van der Waals surface area contributed by atoms with E-state index in [1.165, 1.54) is 22.5 Å². The second-order valence-electron chi connectivity index (χ2n) is 7.19. The first-order chi connectivity index (χ1) is 14.7. The maximum atomic E-state index is 13.1. The average Bonchev–Trinajstić information content (AvgIpc) is 3.00. The van der Waals surface area contributed by atoms with Crippen LogP contribution in [0.4, 0.5) is 18.9 Å². The fourth-order valence-electron chi connectivity index (χ4n) is 3.20. The number of alkyl halides is 3. The van der Waals surface area contributed by atoms with E-state index < -0.39 is 22.8 Å². The van der Waals surface area contributed by atoms with Crippen molar-refractivity contribution in [1.82, 2.24) is 14.4 Å². The molecule has 0 unspecified atom stereocenters. The Kier molecular flexibility index (Phi) is 7.42. The summed E-state index contributed by atoms with van der Waals surface area (Å²) in [6.45, 7) is 1.18. The number of nitrogens with zero attached hydrogens (tertiary/aromatic N) is 3. The third kappa shape index (κ3) is 6.33. The Morgan fingerprint density at radius 1 is 1.19 bits per heavy atom. The summed E-state index contributed by atoms with van der Waals surface area (Å²) < 4.78 is 75.4. The van der Waals surface area contributed by atoms with Crippen LogP contribution in [0.1, 0.15) is 44.3 Å². The van der Waals surface area contributed by atoms with E-state index in [1.54, 1.807) is 0 Å². The van der Waals surface area contributed by atoms with Gasteiger partial charge in [-0.2, -0.15) is 22.5 Å². The predicted molar refractivity (Wildman–Crippen MR) is 106 cm³/mol. The average molecular weight is 462 g/mol. The minimum absolute atomic E-state index is 0.00257. The molecular weight excluding hydrogens is 437 g/mol. The summed E-state index contributed by atoms with van der Waals surface area (Å²) in [5.74, 6) is 0.588. The number of aromatic nitrogens is 2. The van der Waals surface area contributed by atoms with E-state index in [1.807, 2.05) is 6.92 Å². The first kappa shape index (κ1) is 23.3. The highest BCUT2D eigenvalue weighted by atomic mass is 32.2. The molecule has 0 spiro atoms. The largest absolute Gasteiger partial charge is 0.482 e. The summed E-state index contributed by atoms with van der Waals surface area (Å²) in [5, 5.41) is 6.62. The highest BCUT2D eigenvalue weighted by Gasteiger charge is 2.30. The zero-order chi connectivity index (χ0) is 22.5. The Labute approximate surface area is 178 Å². The van der Waals surface area contributed by atoms with Crippen LogP contribution in [0.25, 0.3) is 0 Å². The summed E-state index contributed by atoms with van der Waals surface area (Å²) in [4.78, 5) is 4.11. The topological polar surface area (TPSA) is 97.6 Å². The molecule has 0 atom stereocenters. The molecule has 0 saturated carbocycles. The van der Waals surface area contributed by atoms with E-state index in [-0.39, 0.29) is 28.8 Å². The summed E-state index contributed by atoms with van der Waals surface area (Å²) in [6, 6.07) is 3.77. The van der Waals surface area contributed by atoms with Crippen LogP contribution in [0.5, 0.6) is 5.75 Å². The maximum absolute atomic E-state index is 13.1. The van der Waals surface area contributed by atoms with Crippen LogP contribution in [0.3, 0.4) is 0 Å². The summed E-state index contributed by atoms with van der Waals surface area (Å²) >= 11 is 0. The number of nitrogens with one attached hydrogen (secondary N) is 1. The molecule has 172 valence electrons. The zero-order valence-electron chi connectivity index (χ0n) is 17.1. The number of hydrogen-bond acceptors (Lipinski definition) is 7. The Morgan fingerprint density at radius 3 is 2.52 bits per heavy atom. The lowest BCUT2D eigenvalue weighted by Crippen LogP contribution is -2.32. The van der Waals surface area contributed by atoms with Gasteiger partial charge < -0.3 is 14.6 Å². The molecule has 1 aliphatic rings. The number of anilines is 1. The van der Waals surface area contributed by atoms with Crippen LogP contribution < -0.4 is 10.1 Å². The van der Waals surface area contributed by atoms with Crippen molar-refractivity contribution in [2.75, 3.05) is 25.0 Å². The Balaban J connectivity index is 1.86. The first-order valence-electron chi connectivity index (χ1n) is 10.1. The zero-order valence-corrected chi connectivity index (χ0v) is 17.9. The molecule has 1 saturated heterocycles. The van der Waals surface area contributed by atoms with Gasteiger partial charge in [0.15, 0.2) is 12.4 Å². The molecule has 1 N–H and O–H groups in total. The van der Waals surface area contributed by atoms with Crippen molar-refractivity contribution in [3.63, 3.8) is 0 Å². The summed E-state index contributed by atoms with van der Waals surface area (Å²) in [7, 11) is -3.79. The third-order valence-electron chi connectivity index (χ3n) is 4.80. The number of benzene rings is 1. The summed E-state index contributed by atoms with van der Waals surface area (Å²) in [5.41, 5.74) is 0.0939. The molecular formula is C19H25F3N4O4S. The number of sulfonamides is 1. The van der Waals surface area contributed by atoms with Gasteiger partial charge in [-0.15, -0.1) is 0 Å². The van der Waals surface area contributed by atoms with Gasteiger partial charge in [0, 0.05) is 19.5 Å². The molecule has 1 fully saturated rings. The van der Waals surface area contributed by atoms with Crippen molar-refractivity contribution in [2.45, 2.75) is 56.6 Å². The number of hydrogen-bond donors (Lipinski definition) is 1. The summed E-state index contributed by atoms with van der Waals surface area (Å²) in [6.07, 6.45) is -0.494. The monoisotopic (exact) mass is 462 g/mol. The Bertz CT molecular complexity index is 971. The van der Waals surface area contributed by atoms with E-state index in [0.717, 1.165) is 25.7 Å². The lowest BCUT2D eigenvalue weighted by Gasteiger charge is -2.21. The lowest BCUT2D eigenvalue weighted by molar-refractivity contribution is -0.153. The third-order valence-corrected chi connectivity index (χ3v) is 6.70. The Morgan fingerprint density at radius 2 is 1.90 bits per heavy atom. The van der Waals surface area contributed by atoms with Gasteiger partial charge in [0.2, 0.25) is 15.9 Å². The maximum Gasteiger partial charge on any atom is 0.422 e. The van der Waals surface area contributed by atoms with Crippen LogP contribution in [0.2, 0.25) is 0 Å². The van der Waals surface area contributed by atoms with E-state index >= 15 is 0 Å². The van der Waals surface area contributed by atoms with Gasteiger partial charge in [-0.25, -0.2) is 8.42 Å². The van der Waals surface area contributed by atoms with Gasteiger partial charge in [-0.1, -0.05) is 24.9 Å². The van der Waals surface area contributed by atoms with E-state index in [2.05, 4.69) is 15.5 Å². The second-order valence-corrected chi connectivity index (χ2v) is 9.13. The van der Waals surface area contributed by atoms with Crippen molar-refractivity contribution < 1.29 is 30.8 Å². The fourth-order valence-corrected chi connectivity index (χ4v) is 4.74. The molecule has 2 heterocycles. The van der Waals surface area contributed by atoms with E-state index in [4.69, 9.17) is 9.26 Å². The van der Waals surface area contributed by atoms with Crippen molar-refractivity contribution in [3.8, 4) is 5.75 Å². The molecule has 0 aliphatic carbocycles. The molecule has 31 heavy (non-hydrogen) atoms. The van der Waals surface area contributed by atoms with Crippen LogP contribution in [-0.4, -0.2) is 48.7 Å². The smallest absolute Gasteiger partial charge is 0.422 e. The van der Waals surface area contributed by atoms with Crippen molar-refractivity contribution in [2.24, 2.45) is 0 Å². The standard InChI is InChI=1S/C19H25F3N4O4S/c1-2-17-24-18(30-25-17)12-23-15-11-14(7-8-16(15)29-13-19(20,21)22)31(27,28)26-9-5-3-4-6-10-26/h7-8,11,23H,2-6,9-10,12-13H2,1H3. The fraction of sp³-hybridized carbons (Fsp3) is 0.579. The quantitative estimate of drug-likeness (QED) is 0.638. The van der Waals surface area contributed by atoms with Crippen LogP contribution in [0.15, 0.2) is 27.6 Å². The molecule has 0 bridgehead atoms. The molecule has 1 aromatic carbocycles. The molecule has 1 aromatic heterocycles. The second kappa shape index (κ2) is 9.86. The van der Waals surface area contributed by atoms with Gasteiger partial charge in [0.05, 0.1) is 17.1 Å². The highest BCUT2D eigenvalue weighted by Crippen LogP contribution is 2.31. The number of ether oxygens (including phenoxy) is 1. The molecule has 0 radical (unpaired) electrons. The normalized spacial score (nSPS) is 16.1. The highest BCUT2D eigenvalue weighted by molar-refractivity contribution is 7.89. The molecule has 1 aliphatic heterocycles. The van der Waals surface area contributed by atoms with E-state index in [9.17, 15) is 21.6 Å². The minimum atomic E-state index is -4.53. The van der Waals surface area contributed by atoms with Crippen molar-refractivity contribution >= 4 is 15.7 Å². The predicted octanol–water partition coefficient (Wildman–Crippen LogP) is 3.75. The SMILES string of the molecule is CCc1noc(CNc2cc(S(=O)(=O)N3CCCCCC3)ccc2OCC(F)(F)F)n1. The van der Waals surface area contributed by atoms with Crippen LogP contribution >= 0.6 is 0 Å². The van der Waals surface area contributed by atoms with Crippen molar-refractivity contribution in [1.29, 1.82) is 0 Å². The van der Waals surface area contributed by atoms with Crippen molar-refractivity contribution in [3.05, 3.63) is 29.9 Å². The van der Waals surface area contributed by atoms with Gasteiger partial charge in [0.1, 0.15) is 5.75 Å². The number of halogens is 3. The first-order valence-corrected chi connectivity index (χ1v) is 11.5. The van der Waals surface area contributed by atoms with Crippen LogP contribution in [0, 0.1) is 0 Å². The molecule has 8 nitrogen and oxygen atoms in total. The molecule has 3 rings (SSSR count). The van der Waals surface area contributed by atoms with Crippen LogP contribution in [-0.2, 0) is 23.0 Å². The van der Waals surface area contributed by atoms with Gasteiger partial charge in [-0.05, 0) is 31.0 Å². The lowest BCUT2D eigenvalue weighted by atomic mass is 10.2. The number of rotatable bonds is 8. The number of aryl methyl sites for hydroxylation is 1. The molecule has 0 amide bonds. The van der Waals surface area contributed by atoms with Gasteiger partial charge in [-0.3, -0.25) is 0 Å². The minimum Gasteiger partial charge on any atom is -0.482 e. The van der Waals surface area contributed by atoms with Gasteiger partial charge in [0.25, 0.3) is 0 Å². The Hall–Kier alpha value is -2.34. The van der Waals surface area contributed by atoms with Gasteiger partial charge >= 0.3 is 6.18 Å². The van der Waals surface area contributed by atoms with E-state index in [0.29, 0.717) is 25.3 Å².